The third-order valence-electron chi connectivity index (χ3n) is 6.06. The van der Waals surface area contributed by atoms with E-state index in [1.807, 2.05) is 0 Å². The number of anilines is 1. The van der Waals surface area contributed by atoms with Gasteiger partial charge in [-0.25, -0.2) is 9.55 Å². The molecule has 1 saturated heterocycles. The number of nitrogens with two attached hydrogens (primary N) is 1. The molecule has 0 bridgehead atoms. The molecule has 0 spiro atoms. The van der Waals surface area contributed by atoms with Crippen molar-refractivity contribution in [1.82, 2.24) is 24.6 Å². The summed E-state index contributed by atoms with van der Waals surface area (Å²) in [5.41, 5.74) is 6.55. The van der Waals surface area contributed by atoms with Crippen LogP contribution in [-0.4, -0.2) is 68.7 Å². The normalized spacial score (nSPS) is 23.2. The zero-order chi connectivity index (χ0) is 29.2. The van der Waals surface area contributed by atoms with Crippen LogP contribution < -0.4 is 20.1 Å². The number of nitrogen functional groups attached to an aromatic ring is 1. The quantitative estimate of drug-likeness (QED) is 0.216. The van der Waals surface area contributed by atoms with Gasteiger partial charge in [-0.2, -0.15) is 15.1 Å². The zero-order valence-corrected chi connectivity index (χ0v) is 24.2. The number of aliphatic hydroxyl groups excluding tert-OH is 1. The van der Waals surface area contributed by atoms with Gasteiger partial charge >= 0.3 is 13.7 Å². The zero-order valence-electron chi connectivity index (χ0n) is 22.6. The van der Waals surface area contributed by atoms with Gasteiger partial charge in [0.25, 0.3) is 0 Å². The number of ether oxygens (including phenoxy) is 3. The molecule has 2 aromatic heterocycles. The fraction of sp³-hybridized carbons (Fsp3) is 0.500. The van der Waals surface area contributed by atoms with E-state index in [2.05, 4.69) is 20.0 Å². The second-order valence-corrected chi connectivity index (χ2v) is 11.6. The summed E-state index contributed by atoms with van der Waals surface area (Å²) < 4.78 is 43.3. The van der Waals surface area contributed by atoms with E-state index in [0.717, 1.165) is 0 Å². The van der Waals surface area contributed by atoms with Crippen molar-refractivity contribution in [2.24, 2.45) is 5.92 Å². The minimum atomic E-state index is -4.20. The number of methoxy groups -OCH3 is 1. The van der Waals surface area contributed by atoms with Gasteiger partial charge in [0, 0.05) is 10.9 Å². The molecule has 1 fully saturated rings. The molecule has 0 amide bonds. The maximum absolute atomic E-state index is 13.8. The van der Waals surface area contributed by atoms with E-state index in [9.17, 15) is 14.5 Å². The second-order valence-electron chi connectivity index (χ2n) is 9.50. The molecule has 6 atom stereocenters. The fourth-order valence-electron chi connectivity index (χ4n) is 4.10. The SMILES string of the molecule is COc1nc(N)nc2c1ncn2[C@@H]1O[C@H](COP(=O)(N[C@@H](C)C(=O)OC(C)C)Oc2ccc(Cl)cc2)[C@@H](O)[C@@H]1C. The Morgan fingerprint density at radius 3 is 2.62 bits per heavy atom. The van der Waals surface area contributed by atoms with Crippen LogP contribution in [0.3, 0.4) is 0 Å². The molecule has 3 heterocycles. The number of fused-ring (bicyclic) bond motifs is 1. The first-order valence-corrected chi connectivity index (χ1v) is 14.4. The van der Waals surface area contributed by atoms with Crippen molar-refractivity contribution in [2.75, 3.05) is 19.5 Å². The number of imidazole rings is 1. The van der Waals surface area contributed by atoms with Gasteiger partial charge in [-0.05, 0) is 45.0 Å². The maximum Gasteiger partial charge on any atom is 0.459 e. The number of carbonyl (C=O) groups is 1. The van der Waals surface area contributed by atoms with Crippen LogP contribution >= 0.6 is 19.3 Å². The first-order chi connectivity index (χ1) is 18.9. The van der Waals surface area contributed by atoms with E-state index < -0.39 is 44.1 Å². The number of halogens is 1. The number of hydrogen-bond acceptors (Lipinski definition) is 12. The van der Waals surface area contributed by atoms with E-state index in [1.54, 1.807) is 37.5 Å². The Morgan fingerprint density at radius 1 is 1.27 bits per heavy atom. The number of aliphatic hydroxyl groups is 1. The summed E-state index contributed by atoms with van der Waals surface area (Å²) in [7, 11) is -2.76. The summed E-state index contributed by atoms with van der Waals surface area (Å²) in [5.74, 6) is -0.747. The third kappa shape index (κ3) is 6.65. The van der Waals surface area contributed by atoms with Crippen molar-refractivity contribution >= 4 is 42.4 Å². The molecule has 40 heavy (non-hydrogen) atoms. The molecular formula is C24H32ClN6O8P. The summed E-state index contributed by atoms with van der Waals surface area (Å²) in [6, 6.07) is 5.06. The monoisotopic (exact) mass is 598 g/mol. The van der Waals surface area contributed by atoms with Crippen molar-refractivity contribution < 1.29 is 37.7 Å². The average molecular weight is 599 g/mol. The highest BCUT2D eigenvalue weighted by Gasteiger charge is 2.44. The van der Waals surface area contributed by atoms with Crippen molar-refractivity contribution in [3.05, 3.63) is 35.6 Å². The first kappa shape index (κ1) is 30.0. The van der Waals surface area contributed by atoms with E-state index in [0.29, 0.717) is 16.2 Å². The Morgan fingerprint density at radius 2 is 1.98 bits per heavy atom. The summed E-state index contributed by atoms with van der Waals surface area (Å²) in [6.45, 7) is 6.29. The van der Waals surface area contributed by atoms with Gasteiger partial charge in [0.15, 0.2) is 11.2 Å². The lowest BCUT2D eigenvalue weighted by atomic mass is 10.0. The van der Waals surface area contributed by atoms with Crippen LogP contribution in [-0.2, 0) is 23.4 Å². The van der Waals surface area contributed by atoms with E-state index in [1.165, 1.54) is 32.5 Å². The molecule has 1 aliphatic heterocycles. The van der Waals surface area contributed by atoms with Gasteiger partial charge in [-0.3, -0.25) is 13.9 Å². The lowest BCUT2D eigenvalue weighted by Crippen LogP contribution is -2.37. The lowest BCUT2D eigenvalue weighted by molar-refractivity contribution is -0.149. The van der Waals surface area contributed by atoms with Gasteiger partial charge in [0.1, 0.15) is 24.1 Å². The van der Waals surface area contributed by atoms with Crippen LogP contribution in [0.1, 0.15) is 33.9 Å². The highest BCUT2D eigenvalue weighted by Crippen LogP contribution is 2.47. The molecule has 218 valence electrons. The number of rotatable bonds is 11. The van der Waals surface area contributed by atoms with E-state index in [4.69, 9.17) is 40.6 Å². The van der Waals surface area contributed by atoms with Crippen molar-refractivity contribution in [1.29, 1.82) is 0 Å². The number of hydrogen-bond donors (Lipinski definition) is 3. The van der Waals surface area contributed by atoms with Crippen LogP contribution in [0.5, 0.6) is 11.6 Å². The van der Waals surface area contributed by atoms with Gasteiger partial charge in [0.2, 0.25) is 11.8 Å². The summed E-state index contributed by atoms with van der Waals surface area (Å²) >= 11 is 5.95. The Labute approximate surface area is 235 Å². The van der Waals surface area contributed by atoms with Gasteiger partial charge < -0.3 is 29.6 Å². The van der Waals surface area contributed by atoms with Crippen LogP contribution in [0, 0.1) is 5.92 Å². The molecule has 4 N–H and O–H groups in total. The summed E-state index contributed by atoms with van der Waals surface area (Å²) in [5, 5.41) is 14.0. The van der Waals surface area contributed by atoms with Gasteiger partial charge in [-0.1, -0.05) is 18.5 Å². The van der Waals surface area contributed by atoms with Gasteiger partial charge in [0.05, 0.1) is 32.3 Å². The molecule has 0 radical (unpaired) electrons. The Balaban J connectivity index is 1.53. The largest absolute Gasteiger partial charge is 0.479 e. The molecular weight excluding hydrogens is 567 g/mol. The average Bonchev–Trinajstić information content (AvgIpc) is 3.43. The first-order valence-electron chi connectivity index (χ1n) is 12.5. The standard InChI is InChI=1S/C24H32ClN6O8P/c1-12(2)37-23(33)14(4)30-40(34,39-16-8-6-15(25)7-9-16)36-10-17-19(32)13(3)22(38-17)31-11-27-18-20(31)28-24(26)29-21(18)35-5/h6-9,11-14,17,19,22,32H,10H2,1-5H3,(H,30,34)(H2,26,28,29)/t13-,14-,17+,19-,22+,40?/m0/s1. The number of benzene rings is 1. The smallest absolute Gasteiger partial charge is 0.459 e. The maximum atomic E-state index is 13.8. The topological polar surface area (TPSA) is 182 Å². The van der Waals surface area contributed by atoms with E-state index in [-0.39, 0.29) is 30.3 Å². The van der Waals surface area contributed by atoms with Crippen LogP contribution in [0.15, 0.2) is 30.6 Å². The number of aromatic nitrogens is 4. The number of nitrogens with one attached hydrogen (secondary N) is 1. The number of carbonyl (C=O) groups excluding carboxylic acids is 1. The molecule has 0 saturated carbocycles. The highest BCUT2D eigenvalue weighted by molar-refractivity contribution is 7.52. The van der Waals surface area contributed by atoms with Crippen molar-refractivity contribution in [3.8, 4) is 11.6 Å². The minimum absolute atomic E-state index is 0.0198. The van der Waals surface area contributed by atoms with Crippen LogP contribution in [0.4, 0.5) is 5.95 Å². The van der Waals surface area contributed by atoms with Crippen molar-refractivity contribution in [3.63, 3.8) is 0 Å². The van der Waals surface area contributed by atoms with Gasteiger partial charge in [-0.15, -0.1) is 0 Å². The molecule has 0 aliphatic carbocycles. The molecule has 1 aromatic carbocycles. The van der Waals surface area contributed by atoms with Crippen molar-refractivity contribution in [2.45, 2.75) is 58.3 Å². The molecule has 1 aliphatic rings. The fourth-order valence-corrected chi connectivity index (χ4v) is 5.73. The Kier molecular flexibility index (Phi) is 9.18. The predicted octanol–water partition coefficient (Wildman–Crippen LogP) is 3.10. The molecule has 3 aromatic rings. The molecule has 4 rings (SSSR count). The lowest BCUT2D eigenvalue weighted by Gasteiger charge is -2.25. The van der Waals surface area contributed by atoms with Crippen LogP contribution in [0.25, 0.3) is 11.2 Å². The molecule has 1 unspecified atom stereocenters. The number of esters is 1. The summed E-state index contributed by atoms with van der Waals surface area (Å²) in [4.78, 5) is 25.0. The Hall–Kier alpha value is -3.00. The highest BCUT2D eigenvalue weighted by atomic mass is 35.5. The predicted molar refractivity (Wildman–Crippen MR) is 145 cm³/mol. The minimum Gasteiger partial charge on any atom is -0.479 e. The number of nitrogens with zero attached hydrogens (tertiary/aromatic N) is 4. The second kappa shape index (κ2) is 12.2. The molecule has 14 nitrogen and oxygen atoms in total. The third-order valence-corrected chi connectivity index (χ3v) is 7.96. The van der Waals surface area contributed by atoms with Crippen LogP contribution in [0.2, 0.25) is 5.02 Å². The Bertz CT molecular complexity index is 1390. The molecule has 16 heteroatoms. The summed E-state index contributed by atoms with van der Waals surface area (Å²) in [6.07, 6.45) is -1.58. The van der Waals surface area contributed by atoms with E-state index >= 15 is 0 Å².